The predicted molar refractivity (Wildman–Crippen MR) is 113 cm³/mol. The van der Waals surface area contributed by atoms with Crippen molar-refractivity contribution in [1.29, 1.82) is 0 Å². The van der Waals surface area contributed by atoms with Gasteiger partial charge in [-0.25, -0.2) is 0 Å². The summed E-state index contributed by atoms with van der Waals surface area (Å²) < 4.78 is 0. The molecule has 33 heavy (non-hydrogen) atoms. The smallest absolute Gasteiger partial charge is 0.277 e. The predicted octanol–water partition coefficient (Wildman–Crippen LogP) is -3.49. The van der Waals surface area contributed by atoms with Gasteiger partial charge in [0.2, 0.25) is 0 Å². The first-order valence-electron chi connectivity index (χ1n) is 9.94. The molecule has 1 aromatic carbocycles. The molecule has 1 heterocycles. The van der Waals surface area contributed by atoms with Crippen molar-refractivity contribution in [3.8, 4) is 0 Å². The van der Waals surface area contributed by atoms with Gasteiger partial charge in [0.25, 0.3) is 23.6 Å². The number of rotatable bonds is 12. The number of carbonyl (C=O) groups is 4. The molecule has 0 fully saturated rings. The van der Waals surface area contributed by atoms with Crippen molar-refractivity contribution < 1.29 is 44.7 Å². The number of hydrogen-bond acceptors (Lipinski definition) is 10. The Balaban J connectivity index is 2.30. The highest BCUT2D eigenvalue weighted by atomic mass is 16.3. The number of amides is 4. The SMILES string of the molecule is O=C(NCC(O)CO)c1cc(NC2=CC(=O)N(CCO)C2=O)cc(C(=O)NCC(O)CO)c1. The van der Waals surface area contributed by atoms with Gasteiger partial charge in [0.1, 0.15) is 5.70 Å². The van der Waals surface area contributed by atoms with E-state index in [0.717, 1.165) is 11.0 Å². The Kier molecular flexibility index (Phi) is 9.44. The van der Waals surface area contributed by atoms with Gasteiger partial charge in [-0.2, -0.15) is 0 Å². The van der Waals surface area contributed by atoms with Gasteiger partial charge in [0.15, 0.2) is 0 Å². The molecule has 1 aliphatic rings. The summed E-state index contributed by atoms with van der Waals surface area (Å²) >= 11 is 0. The minimum Gasteiger partial charge on any atom is -0.395 e. The molecule has 1 aromatic rings. The summed E-state index contributed by atoms with van der Waals surface area (Å²) in [4.78, 5) is 50.1. The third kappa shape index (κ3) is 7.06. The maximum absolute atomic E-state index is 12.5. The van der Waals surface area contributed by atoms with Crippen molar-refractivity contribution in [3.05, 3.63) is 41.1 Å². The number of β-amino-alcohol motifs (C(OH)–C–C–N with tert-alkyl or cyclic N) is 1. The summed E-state index contributed by atoms with van der Waals surface area (Å²) in [7, 11) is 0. The zero-order valence-corrected chi connectivity index (χ0v) is 17.5. The van der Waals surface area contributed by atoms with Gasteiger partial charge in [-0.15, -0.1) is 0 Å². The van der Waals surface area contributed by atoms with Crippen LogP contribution in [0.1, 0.15) is 20.7 Å². The third-order valence-corrected chi connectivity index (χ3v) is 4.49. The Labute approximate surface area is 188 Å². The van der Waals surface area contributed by atoms with Gasteiger partial charge in [-0.1, -0.05) is 0 Å². The van der Waals surface area contributed by atoms with E-state index in [1.807, 2.05) is 0 Å². The average Bonchev–Trinajstić information content (AvgIpc) is 3.07. The minimum absolute atomic E-state index is 0.0393. The average molecular weight is 466 g/mol. The molecular formula is C20H26N4O9. The summed E-state index contributed by atoms with van der Waals surface area (Å²) in [6.07, 6.45) is -1.37. The van der Waals surface area contributed by atoms with E-state index in [-0.39, 0.29) is 42.1 Å². The standard InChI is InChI=1S/C20H26N4O9/c25-2-1-24-17(30)6-16(20(24)33)23-13-4-11(18(31)21-7-14(28)9-26)3-12(5-13)19(32)22-8-15(29)10-27/h3-6,14-15,23,25-29H,1-2,7-10H2,(H,21,31)(H,22,32). The summed E-state index contributed by atoms with van der Waals surface area (Å²) in [6, 6.07) is 3.82. The number of anilines is 1. The van der Waals surface area contributed by atoms with Crippen molar-refractivity contribution in [3.63, 3.8) is 0 Å². The molecule has 0 spiro atoms. The van der Waals surface area contributed by atoms with E-state index in [9.17, 15) is 29.4 Å². The first-order chi connectivity index (χ1) is 15.7. The Morgan fingerprint density at radius 1 is 0.879 bits per heavy atom. The zero-order chi connectivity index (χ0) is 24.5. The molecule has 2 rings (SSSR count). The van der Waals surface area contributed by atoms with Crippen LogP contribution >= 0.6 is 0 Å². The van der Waals surface area contributed by atoms with E-state index in [1.165, 1.54) is 18.2 Å². The topological polar surface area (TPSA) is 209 Å². The lowest BCUT2D eigenvalue weighted by Gasteiger charge is -2.15. The van der Waals surface area contributed by atoms with Gasteiger partial charge in [-0.05, 0) is 18.2 Å². The molecule has 0 bridgehead atoms. The Hall–Kier alpha value is -3.36. The second-order valence-corrected chi connectivity index (χ2v) is 7.09. The van der Waals surface area contributed by atoms with Crippen LogP contribution in [0.2, 0.25) is 0 Å². The molecule has 8 N–H and O–H groups in total. The summed E-state index contributed by atoms with van der Waals surface area (Å²) in [5.41, 5.74) is -0.106. The number of aliphatic hydroxyl groups excluding tert-OH is 5. The fraction of sp³-hybridized carbons (Fsp3) is 0.400. The monoisotopic (exact) mass is 466 g/mol. The first-order valence-corrected chi connectivity index (χ1v) is 9.94. The van der Waals surface area contributed by atoms with Crippen LogP contribution in [-0.4, -0.2) is 106 Å². The lowest BCUT2D eigenvalue weighted by Crippen LogP contribution is -2.35. The molecule has 0 aromatic heterocycles. The van der Waals surface area contributed by atoms with E-state index < -0.39 is 55.7 Å². The molecule has 0 saturated carbocycles. The van der Waals surface area contributed by atoms with Crippen molar-refractivity contribution in [2.75, 3.05) is 44.8 Å². The van der Waals surface area contributed by atoms with E-state index in [4.69, 9.17) is 15.3 Å². The number of benzene rings is 1. The Morgan fingerprint density at radius 2 is 1.39 bits per heavy atom. The van der Waals surface area contributed by atoms with E-state index in [1.54, 1.807) is 0 Å². The Morgan fingerprint density at radius 3 is 1.85 bits per heavy atom. The molecule has 0 radical (unpaired) electrons. The molecule has 0 saturated heterocycles. The van der Waals surface area contributed by atoms with Crippen LogP contribution in [0.5, 0.6) is 0 Å². The Bertz CT molecular complexity index is 890. The number of aliphatic hydroxyl groups is 5. The van der Waals surface area contributed by atoms with Gasteiger partial charge in [-0.3, -0.25) is 24.1 Å². The highest BCUT2D eigenvalue weighted by Gasteiger charge is 2.31. The second-order valence-electron chi connectivity index (χ2n) is 7.09. The van der Waals surface area contributed by atoms with Crippen LogP contribution in [0.4, 0.5) is 5.69 Å². The maximum Gasteiger partial charge on any atom is 0.277 e. The molecule has 2 atom stereocenters. The van der Waals surface area contributed by atoms with Crippen molar-refractivity contribution in [1.82, 2.24) is 15.5 Å². The highest BCUT2D eigenvalue weighted by Crippen LogP contribution is 2.20. The number of nitrogens with zero attached hydrogens (tertiary/aromatic N) is 1. The van der Waals surface area contributed by atoms with Gasteiger partial charge in [0.05, 0.1) is 38.6 Å². The van der Waals surface area contributed by atoms with Crippen LogP contribution in [0, 0.1) is 0 Å². The van der Waals surface area contributed by atoms with Gasteiger partial charge in [0, 0.05) is 36.0 Å². The largest absolute Gasteiger partial charge is 0.395 e. The van der Waals surface area contributed by atoms with Crippen LogP contribution in [0.15, 0.2) is 30.0 Å². The van der Waals surface area contributed by atoms with Crippen LogP contribution < -0.4 is 16.0 Å². The molecule has 13 nitrogen and oxygen atoms in total. The molecule has 13 heteroatoms. The normalized spacial score (nSPS) is 15.2. The molecule has 180 valence electrons. The molecule has 2 unspecified atom stereocenters. The van der Waals surface area contributed by atoms with Gasteiger partial charge < -0.3 is 41.5 Å². The molecule has 1 aliphatic heterocycles. The van der Waals surface area contributed by atoms with Crippen molar-refractivity contribution >= 4 is 29.3 Å². The number of imide groups is 1. The number of hydrogen-bond donors (Lipinski definition) is 8. The highest BCUT2D eigenvalue weighted by molar-refractivity contribution is 6.17. The summed E-state index contributed by atoms with van der Waals surface area (Å²) in [5.74, 6) is -2.73. The zero-order valence-electron chi connectivity index (χ0n) is 17.5. The fourth-order valence-corrected chi connectivity index (χ4v) is 2.78. The number of carbonyl (C=O) groups excluding carboxylic acids is 4. The first kappa shape index (κ1) is 25.9. The van der Waals surface area contributed by atoms with Crippen LogP contribution in [-0.2, 0) is 9.59 Å². The maximum atomic E-state index is 12.5. The van der Waals surface area contributed by atoms with E-state index in [0.29, 0.717) is 0 Å². The van der Waals surface area contributed by atoms with Gasteiger partial charge >= 0.3 is 0 Å². The van der Waals surface area contributed by atoms with Crippen LogP contribution in [0.25, 0.3) is 0 Å². The summed E-state index contributed by atoms with van der Waals surface area (Å²) in [6.45, 7) is -2.28. The molecule has 0 aliphatic carbocycles. The van der Waals surface area contributed by atoms with E-state index >= 15 is 0 Å². The second kappa shape index (κ2) is 12.0. The lowest BCUT2D eigenvalue weighted by molar-refractivity contribution is -0.137. The minimum atomic E-state index is -1.19. The summed E-state index contributed by atoms with van der Waals surface area (Å²) in [5, 5.41) is 53.1. The van der Waals surface area contributed by atoms with Crippen molar-refractivity contribution in [2.24, 2.45) is 0 Å². The molecule has 4 amide bonds. The lowest BCUT2D eigenvalue weighted by atomic mass is 10.1. The third-order valence-electron chi connectivity index (χ3n) is 4.49. The number of nitrogens with one attached hydrogen (secondary N) is 3. The van der Waals surface area contributed by atoms with E-state index in [2.05, 4.69) is 16.0 Å². The van der Waals surface area contributed by atoms with Crippen molar-refractivity contribution in [2.45, 2.75) is 12.2 Å². The quantitative estimate of drug-likeness (QED) is 0.143. The van der Waals surface area contributed by atoms with Crippen LogP contribution in [0.3, 0.4) is 0 Å². The fourth-order valence-electron chi connectivity index (χ4n) is 2.78. The molecular weight excluding hydrogens is 440 g/mol.